The normalized spacial score (nSPS) is 19.9. The van der Waals surface area contributed by atoms with Crippen LogP contribution in [0.1, 0.15) is 12.0 Å². The van der Waals surface area contributed by atoms with Crippen molar-refractivity contribution in [3.05, 3.63) is 28.2 Å². The van der Waals surface area contributed by atoms with Gasteiger partial charge in [-0.25, -0.2) is 0 Å². The first-order valence-electron chi connectivity index (χ1n) is 5.94. The monoisotopic (exact) mass is 298 g/mol. The van der Waals surface area contributed by atoms with Crippen LogP contribution in [0.25, 0.3) is 0 Å². The summed E-state index contributed by atoms with van der Waals surface area (Å²) in [7, 11) is 3.90. The van der Waals surface area contributed by atoms with Crippen LogP contribution in [0.2, 0.25) is 0 Å². The third-order valence-corrected chi connectivity index (χ3v) is 3.81. The van der Waals surface area contributed by atoms with Crippen LogP contribution in [0.15, 0.2) is 22.7 Å². The van der Waals surface area contributed by atoms with E-state index in [2.05, 4.69) is 39.3 Å². The van der Waals surface area contributed by atoms with Crippen LogP contribution in [0, 0.1) is 0 Å². The Bertz CT molecular complexity index is 378. The fraction of sp³-hybridized carbons (Fsp3) is 0.538. The first-order valence-corrected chi connectivity index (χ1v) is 6.73. The van der Waals surface area contributed by atoms with Crippen LogP contribution in [0.4, 0.5) is 0 Å². The van der Waals surface area contributed by atoms with Crippen LogP contribution in [-0.4, -0.2) is 38.2 Å². The van der Waals surface area contributed by atoms with Gasteiger partial charge in [-0.15, -0.1) is 0 Å². The van der Waals surface area contributed by atoms with Crippen molar-refractivity contribution in [1.82, 2.24) is 10.2 Å². The predicted octanol–water partition coefficient (Wildman–Crippen LogP) is 2.25. The third-order valence-electron chi connectivity index (χ3n) is 3.32. The molecule has 1 aromatic rings. The number of hydrogen-bond donors (Lipinski definition) is 1. The summed E-state index contributed by atoms with van der Waals surface area (Å²) in [6.45, 7) is 3.15. The molecule has 1 atom stereocenters. The van der Waals surface area contributed by atoms with Crippen molar-refractivity contribution in [2.75, 3.05) is 27.2 Å². The average molecular weight is 299 g/mol. The smallest absolute Gasteiger partial charge is 0.123 e. The molecule has 0 aromatic heterocycles. The van der Waals surface area contributed by atoms with Crippen LogP contribution < -0.4 is 10.1 Å². The molecule has 0 radical (unpaired) electrons. The molecule has 1 aliphatic rings. The number of nitrogens with zero attached hydrogens (tertiary/aromatic N) is 1. The van der Waals surface area contributed by atoms with Gasteiger partial charge in [0.2, 0.25) is 0 Å². The Labute approximate surface area is 111 Å². The number of methoxy groups -OCH3 is 1. The fourth-order valence-electron chi connectivity index (χ4n) is 2.28. The van der Waals surface area contributed by atoms with E-state index in [4.69, 9.17) is 4.74 Å². The van der Waals surface area contributed by atoms with E-state index in [-0.39, 0.29) is 0 Å². The van der Waals surface area contributed by atoms with E-state index >= 15 is 0 Å². The number of benzene rings is 1. The maximum Gasteiger partial charge on any atom is 0.123 e. The number of halogens is 1. The molecular weight excluding hydrogens is 280 g/mol. The molecule has 1 N–H and O–H groups in total. The highest BCUT2D eigenvalue weighted by molar-refractivity contribution is 9.10. The van der Waals surface area contributed by atoms with Gasteiger partial charge in [-0.2, -0.15) is 0 Å². The minimum absolute atomic E-state index is 0.638. The zero-order valence-electron chi connectivity index (χ0n) is 10.4. The van der Waals surface area contributed by atoms with Crippen LogP contribution in [-0.2, 0) is 6.54 Å². The van der Waals surface area contributed by atoms with E-state index in [0.717, 1.165) is 29.9 Å². The van der Waals surface area contributed by atoms with Crippen LogP contribution in [0.3, 0.4) is 0 Å². The molecule has 1 heterocycles. The molecule has 3 nitrogen and oxygen atoms in total. The van der Waals surface area contributed by atoms with Crippen LogP contribution in [0.5, 0.6) is 5.75 Å². The summed E-state index contributed by atoms with van der Waals surface area (Å²) in [4.78, 5) is 2.39. The number of nitrogens with one attached hydrogen (secondary N) is 1. The number of hydrogen-bond acceptors (Lipinski definition) is 3. The summed E-state index contributed by atoms with van der Waals surface area (Å²) >= 11 is 3.51. The highest BCUT2D eigenvalue weighted by Gasteiger charge is 2.20. The average Bonchev–Trinajstić information content (AvgIpc) is 2.83. The zero-order chi connectivity index (χ0) is 12.3. The second-order valence-electron chi connectivity index (χ2n) is 4.52. The Kier molecular flexibility index (Phi) is 4.42. The maximum atomic E-state index is 5.40. The Balaban J connectivity index is 2.08. The number of likely N-dealkylation sites (N-methyl/N-ethyl adjacent to an activating group) is 1. The second-order valence-corrected chi connectivity index (χ2v) is 5.43. The third kappa shape index (κ3) is 3.21. The molecule has 1 aromatic carbocycles. The van der Waals surface area contributed by atoms with Crippen molar-refractivity contribution in [1.29, 1.82) is 0 Å². The molecule has 1 unspecified atom stereocenters. The molecule has 17 heavy (non-hydrogen) atoms. The van der Waals surface area contributed by atoms with E-state index in [9.17, 15) is 0 Å². The molecule has 0 amide bonds. The SMILES string of the molecule is COc1ccc(Br)cc1CN(C)C1CCNC1. The Hall–Kier alpha value is -0.580. The summed E-state index contributed by atoms with van der Waals surface area (Å²) in [5.74, 6) is 0.964. The van der Waals surface area contributed by atoms with Gasteiger partial charge in [0.1, 0.15) is 5.75 Å². The van der Waals surface area contributed by atoms with Crippen LogP contribution >= 0.6 is 15.9 Å². The summed E-state index contributed by atoms with van der Waals surface area (Å²) in [5, 5.41) is 3.40. The lowest BCUT2D eigenvalue weighted by Gasteiger charge is -2.24. The highest BCUT2D eigenvalue weighted by atomic mass is 79.9. The molecule has 94 valence electrons. The van der Waals surface area contributed by atoms with Crippen molar-refractivity contribution in [2.45, 2.75) is 19.0 Å². The van der Waals surface area contributed by atoms with E-state index in [1.165, 1.54) is 12.0 Å². The van der Waals surface area contributed by atoms with Crippen molar-refractivity contribution in [2.24, 2.45) is 0 Å². The van der Waals surface area contributed by atoms with E-state index in [1.807, 2.05) is 12.1 Å². The molecule has 0 spiro atoms. The van der Waals surface area contributed by atoms with Crippen molar-refractivity contribution >= 4 is 15.9 Å². The lowest BCUT2D eigenvalue weighted by Crippen LogP contribution is -2.32. The molecule has 0 bridgehead atoms. The van der Waals surface area contributed by atoms with Gasteiger partial charge in [0.05, 0.1) is 7.11 Å². The predicted molar refractivity (Wildman–Crippen MR) is 73.4 cm³/mol. The summed E-state index contributed by atoms with van der Waals surface area (Å²) in [6.07, 6.45) is 1.23. The molecule has 1 saturated heterocycles. The molecule has 2 rings (SSSR count). The van der Waals surface area contributed by atoms with Crippen molar-refractivity contribution in [3.63, 3.8) is 0 Å². The van der Waals surface area contributed by atoms with Gasteiger partial charge >= 0.3 is 0 Å². The molecule has 0 aliphatic carbocycles. The zero-order valence-corrected chi connectivity index (χ0v) is 12.0. The maximum absolute atomic E-state index is 5.40. The van der Waals surface area contributed by atoms with E-state index in [0.29, 0.717) is 6.04 Å². The molecule has 1 aliphatic heterocycles. The van der Waals surface area contributed by atoms with Gasteiger partial charge in [0, 0.05) is 29.2 Å². The molecule has 4 heteroatoms. The van der Waals surface area contributed by atoms with Gasteiger partial charge in [-0.3, -0.25) is 4.90 Å². The topological polar surface area (TPSA) is 24.5 Å². The Morgan fingerprint density at radius 2 is 2.35 bits per heavy atom. The Morgan fingerprint density at radius 1 is 1.53 bits per heavy atom. The quantitative estimate of drug-likeness (QED) is 0.923. The first-order chi connectivity index (χ1) is 8.20. The Morgan fingerprint density at radius 3 is 3.00 bits per heavy atom. The van der Waals surface area contributed by atoms with Gasteiger partial charge in [-0.1, -0.05) is 15.9 Å². The number of ether oxygens (including phenoxy) is 1. The molecule has 1 fully saturated rings. The van der Waals surface area contributed by atoms with E-state index < -0.39 is 0 Å². The van der Waals surface area contributed by atoms with Gasteiger partial charge in [0.25, 0.3) is 0 Å². The van der Waals surface area contributed by atoms with Gasteiger partial charge in [-0.05, 0) is 38.2 Å². The molecule has 0 saturated carbocycles. The van der Waals surface area contributed by atoms with Crippen molar-refractivity contribution in [3.8, 4) is 5.75 Å². The van der Waals surface area contributed by atoms with Crippen molar-refractivity contribution < 1.29 is 4.74 Å². The number of rotatable bonds is 4. The highest BCUT2D eigenvalue weighted by Crippen LogP contribution is 2.25. The first kappa shape index (κ1) is 12.9. The minimum atomic E-state index is 0.638. The molecular formula is C13H19BrN2O. The van der Waals surface area contributed by atoms with Gasteiger partial charge in [0.15, 0.2) is 0 Å². The van der Waals surface area contributed by atoms with Gasteiger partial charge < -0.3 is 10.1 Å². The fourth-order valence-corrected chi connectivity index (χ4v) is 2.69. The lowest BCUT2D eigenvalue weighted by molar-refractivity contribution is 0.245. The lowest BCUT2D eigenvalue weighted by atomic mass is 10.1. The largest absolute Gasteiger partial charge is 0.496 e. The summed E-state index contributed by atoms with van der Waals surface area (Å²) in [6, 6.07) is 6.80. The second kappa shape index (κ2) is 5.85. The summed E-state index contributed by atoms with van der Waals surface area (Å²) in [5.41, 5.74) is 1.23. The summed E-state index contributed by atoms with van der Waals surface area (Å²) < 4.78 is 6.50. The minimum Gasteiger partial charge on any atom is -0.496 e. The standard InChI is InChI=1S/C13H19BrN2O/c1-16(12-5-6-15-8-12)9-10-7-11(14)3-4-13(10)17-2/h3-4,7,12,15H,5-6,8-9H2,1-2H3. The van der Waals surface area contributed by atoms with E-state index in [1.54, 1.807) is 7.11 Å².